The first kappa shape index (κ1) is 18.8. The van der Waals surface area contributed by atoms with Crippen LogP contribution in [0, 0.1) is 0 Å². The third kappa shape index (κ3) is 4.39. The molecule has 1 atom stereocenters. The Kier molecular flexibility index (Phi) is 6.91. The maximum atomic E-state index is 13.4. The van der Waals surface area contributed by atoms with Crippen molar-refractivity contribution in [3.05, 3.63) is 0 Å². The molecule has 0 fully saturated rings. The molecule has 0 N–H and O–H groups in total. The summed E-state index contributed by atoms with van der Waals surface area (Å²) < 4.78 is 73.6. The van der Waals surface area contributed by atoms with Crippen molar-refractivity contribution in [2.24, 2.45) is 0 Å². The summed E-state index contributed by atoms with van der Waals surface area (Å²) in [7, 11) is -2.61. The summed E-state index contributed by atoms with van der Waals surface area (Å²) in [5.74, 6) is -5.00. The Morgan fingerprint density at radius 3 is 1.58 bits per heavy atom. The Morgan fingerprint density at radius 1 is 0.895 bits per heavy atom. The monoisotopic (exact) mass is 308 g/mol. The smallest absolute Gasteiger partial charge is 0.388 e. The maximum Gasteiger partial charge on any atom is 0.458 e. The summed E-state index contributed by atoms with van der Waals surface area (Å²) in [5.41, 5.74) is 0. The molecule has 0 aliphatic rings. The van der Waals surface area contributed by atoms with Crippen LogP contribution in [0.15, 0.2) is 0 Å². The highest BCUT2D eigenvalue weighted by Gasteiger charge is 2.65. The highest BCUT2D eigenvalue weighted by Crippen LogP contribution is 2.41. The van der Waals surface area contributed by atoms with Gasteiger partial charge in [-0.3, -0.25) is 0 Å². The van der Waals surface area contributed by atoms with Crippen LogP contribution < -0.4 is 0 Å². The summed E-state index contributed by atoms with van der Waals surface area (Å²) in [4.78, 5) is 0. The van der Waals surface area contributed by atoms with Gasteiger partial charge in [0, 0.05) is 6.61 Å². The SMILES string of the molecule is CCOC(O[Si](CC)(CC)CC)C(F)(F)C(F)(F)F. The molecule has 116 valence electrons. The van der Waals surface area contributed by atoms with Gasteiger partial charge in [0.2, 0.25) is 6.29 Å². The van der Waals surface area contributed by atoms with Crippen molar-refractivity contribution in [1.82, 2.24) is 0 Å². The fraction of sp³-hybridized carbons (Fsp3) is 1.00. The summed E-state index contributed by atoms with van der Waals surface area (Å²) in [6, 6.07) is 1.41. The zero-order valence-corrected chi connectivity index (χ0v) is 12.6. The molecular weight excluding hydrogens is 287 g/mol. The van der Waals surface area contributed by atoms with Crippen molar-refractivity contribution in [1.29, 1.82) is 0 Å². The van der Waals surface area contributed by atoms with E-state index < -0.39 is 26.7 Å². The molecule has 0 saturated carbocycles. The average Bonchev–Trinajstić information content (AvgIpc) is 2.33. The van der Waals surface area contributed by atoms with Gasteiger partial charge in [0.05, 0.1) is 0 Å². The molecule has 0 amide bonds. The topological polar surface area (TPSA) is 18.5 Å². The van der Waals surface area contributed by atoms with E-state index in [0.29, 0.717) is 18.1 Å². The molecule has 0 heterocycles. The second-order valence-electron chi connectivity index (χ2n) is 4.27. The lowest BCUT2D eigenvalue weighted by Crippen LogP contribution is -2.54. The van der Waals surface area contributed by atoms with Gasteiger partial charge in [-0.05, 0) is 25.1 Å². The maximum absolute atomic E-state index is 13.4. The van der Waals surface area contributed by atoms with Crippen molar-refractivity contribution in [2.45, 2.75) is 64.2 Å². The third-order valence-electron chi connectivity index (χ3n) is 3.28. The summed E-state index contributed by atoms with van der Waals surface area (Å²) >= 11 is 0. The lowest BCUT2D eigenvalue weighted by molar-refractivity contribution is -0.351. The van der Waals surface area contributed by atoms with Crippen LogP contribution in [-0.4, -0.2) is 33.3 Å². The van der Waals surface area contributed by atoms with Crippen LogP contribution in [0.1, 0.15) is 27.7 Å². The number of hydrogen-bond acceptors (Lipinski definition) is 2. The second-order valence-corrected chi connectivity index (χ2v) is 8.99. The van der Waals surface area contributed by atoms with Gasteiger partial charge in [0.1, 0.15) is 0 Å². The predicted molar refractivity (Wildman–Crippen MR) is 64.7 cm³/mol. The van der Waals surface area contributed by atoms with E-state index in [1.54, 1.807) is 20.8 Å². The van der Waals surface area contributed by atoms with Gasteiger partial charge in [-0.2, -0.15) is 22.0 Å². The summed E-state index contributed by atoms with van der Waals surface area (Å²) in [6.45, 7) is 6.32. The molecule has 1 unspecified atom stereocenters. The van der Waals surface area contributed by atoms with Crippen LogP contribution >= 0.6 is 0 Å². The molecule has 0 aliphatic carbocycles. The van der Waals surface area contributed by atoms with Crippen molar-refractivity contribution in [3.63, 3.8) is 0 Å². The minimum Gasteiger partial charge on any atom is -0.388 e. The molecule has 0 rings (SSSR count). The molecule has 0 saturated heterocycles. The molecule has 0 spiro atoms. The van der Waals surface area contributed by atoms with E-state index >= 15 is 0 Å². The van der Waals surface area contributed by atoms with Crippen molar-refractivity contribution >= 4 is 8.32 Å². The number of halogens is 5. The van der Waals surface area contributed by atoms with Crippen LogP contribution in [-0.2, 0) is 9.16 Å². The first-order chi connectivity index (χ1) is 8.60. The molecule has 0 aromatic rings. The van der Waals surface area contributed by atoms with Crippen LogP contribution in [0.3, 0.4) is 0 Å². The Bertz CT molecular complexity index is 258. The van der Waals surface area contributed by atoms with Crippen LogP contribution in [0.25, 0.3) is 0 Å². The number of ether oxygens (including phenoxy) is 1. The van der Waals surface area contributed by atoms with E-state index in [9.17, 15) is 22.0 Å². The highest BCUT2D eigenvalue weighted by atomic mass is 28.4. The van der Waals surface area contributed by atoms with Gasteiger partial charge in [0.15, 0.2) is 8.32 Å². The molecular formula is C11H21F5O2Si. The Balaban J connectivity index is 5.23. The first-order valence-corrected chi connectivity index (χ1v) is 8.87. The van der Waals surface area contributed by atoms with E-state index in [1.165, 1.54) is 6.92 Å². The van der Waals surface area contributed by atoms with Gasteiger partial charge in [-0.25, -0.2) is 0 Å². The lowest BCUT2D eigenvalue weighted by Gasteiger charge is -2.36. The zero-order valence-electron chi connectivity index (χ0n) is 11.6. The standard InChI is InChI=1S/C11H21F5O2Si/c1-5-17-9(10(12,13)11(14,15)16)18-19(6-2,7-3)8-4/h9H,5-8H2,1-4H3. The van der Waals surface area contributed by atoms with Crippen molar-refractivity contribution in [2.75, 3.05) is 6.61 Å². The Labute approximate surface area is 111 Å². The number of alkyl halides is 5. The Morgan fingerprint density at radius 2 is 1.32 bits per heavy atom. The second kappa shape index (κ2) is 6.99. The lowest BCUT2D eigenvalue weighted by atomic mass is 10.3. The summed E-state index contributed by atoms with van der Waals surface area (Å²) in [6.07, 6.45) is -8.23. The molecule has 0 aliphatic heterocycles. The molecule has 0 aromatic heterocycles. The normalized spacial score (nSPS) is 15.6. The number of rotatable bonds is 8. The average molecular weight is 308 g/mol. The molecule has 0 radical (unpaired) electrons. The van der Waals surface area contributed by atoms with E-state index in [4.69, 9.17) is 4.43 Å². The number of hydrogen-bond donors (Lipinski definition) is 0. The van der Waals surface area contributed by atoms with Crippen LogP contribution in [0.5, 0.6) is 0 Å². The zero-order chi connectivity index (χ0) is 15.3. The quantitative estimate of drug-likeness (QED) is 0.371. The molecule has 2 nitrogen and oxygen atoms in total. The van der Waals surface area contributed by atoms with Gasteiger partial charge in [-0.1, -0.05) is 20.8 Å². The summed E-state index contributed by atoms with van der Waals surface area (Å²) in [5, 5.41) is 0. The van der Waals surface area contributed by atoms with Gasteiger partial charge in [0.25, 0.3) is 0 Å². The predicted octanol–water partition coefficient (Wildman–Crippen LogP) is 4.57. The van der Waals surface area contributed by atoms with Crippen LogP contribution in [0.2, 0.25) is 18.1 Å². The van der Waals surface area contributed by atoms with Crippen molar-refractivity contribution < 1.29 is 31.1 Å². The van der Waals surface area contributed by atoms with E-state index in [0.717, 1.165) is 0 Å². The van der Waals surface area contributed by atoms with Gasteiger partial charge >= 0.3 is 12.1 Å². The molecule has 8 heteroatoms. The fourth-order valence-corrected chi connectivity index (χ4v) is 4.39. The molecule has 0 aromatic carbocycles. The van der Waals surface area contributed by atoms with Crippen LogP contribution in [0.4, 0.5) is 22.0 Å². The van der Waals surface area contributed by atoms with E-state index in [2.05, 4.69) is 4.74 Å². The van der Waals surface area contributed by atoms with E-state index in [1.807, 2.05) is 0 Å². The first-order valence-electron chi connectivity index (χ1n) is 6.34. The molecule has 19 heavy (non-hydrogen) atoms. The third-order valence-corrected chi connectivity index (χ3v) is 7.86. The van der Waals surface area contributed by atoms with Gasteiger partial charge in [-0.15, -0.1) is 0 Å². The molecule has 0 bridgehead atoms. The largest absolute Gasteiger partial charge is 0.458 e. The van der Waals surface area contributed by atoms with Crippen molar-refractivity contribution in [3.8, 4) is 0 Å². The van der Waals surface area contributed by atoms with Gasteiger partial charge < -0.3 is 9.16 Å². The highest BCUT2D eigenvalue weighted by molar-refractivity contribution is 6.73. The van der Waals surface area contributed by atoms with E-state index in [-0.39, 0.29) is 6.61 Å². The minimum atomic E-state index is -5.68. The minimum absolute atomic E-state index is 0.266. The fourth-order valence-electron chi connectivity index (χ4n) is 1.72. The Hall–Kier alpha value is -0.213.